The number of aldehydes is 1. The van der Waals surface area contributed by atoms with E-state index in [1.165, 1.54) is 6.92 Å². The number of hydrogen-bond acceptors (Lipinski definition) is 3. The fourth-order valence-corrected chi connectivity index (χ4v) is 1.17. The molecule has 0 aliphatic heterocycles. The maximum atomic E-state index is 12.4. The second-order valence-electron chi connectivity index (χ2n) is 2.82. The highest BCUT2D eigenvalue weighted by Gasteiger charge is 2.14. The Morgan fingerprint density at radius 1 is 1.64 bits per heavy atom. The van der Waals surface area contributed by atoms with E-state index in [2.05, 4.69) is 4.98 Å². The Labute approximate surface area is 79.9 Å². The summed E-state index contributed by atoms with van der Waals surface area (Å²) in [6, 6.07) is 1.14. The minimum Gasteiger partial charge on any atom is -0.325 e. The number of carbonyl (C=O) groups excluding carboxylic acids is 1. The van der Waals surface area contributed by atoms with Crippen molar-refractivity contribution in [3.8, 4) is 0 Å². The predicted octanol–water partition coefficient (Wildman–Crippen LogP) is 1.60. The van der Waals surface area contributed by atoms with Crippen LogP contribution in [-0.2, 0) is 6.54 Å². The Morgan fingerprint density at radius 2 is 2.29 bits per heavy atom. The smallest absolute Gasteiger partial charge is 0.265 e. The van der Waals surface area contributed by atoms with E-state index in [1.54, 1.807) is 0 Å². The second kappa shape index (κ2) is 4.23. The average molecular weight is 200 g/mol. The Kier molecular flexibility index (Phi) is 3.24. The lowest BCUT2D eigenvalue weighted by molar-refractivity contribution is 0.112. The van der Waals surface area contributed by atoms with Gasteiger partial charge in [0.1, 0.15) is 0 Å². The minimum absolute atomic E-state index is 0.0679. The van der Waals surface area contributed by atoms with Gasteiger partial charge in [-0.2, -0.15) is 0 Å². The SMILES string of the molecule is Cc1nc(CN)c(C=O)cc1C(F)F. The summed E-state index contributed by atoms with van der Waals surface area (Å²) < 4.78 is 24.8. The van der Waals surface area contributed by atoms with Gasteiger partial charge in [0.15, 0.2) is 6.29 Å². The molecule has 1 aromatic rings. The van der Waals surface area contributed by atoms with Crippen LogP contribution in [0.15, 0.2) is 6.07 Å². The number of hydrogen-bond donors (Lipinski definition) is 1. The van der Waals surface area contributed by atoms with Crippen LogP contribution in [0.1, 0.15) is 33.7 Å². The van der Waals surface area contributed by atoms with Crippen LogP contribution in [0.25, 0.3) is 0 Å². The van der Waals surface area contributed by atoms with E-state index in [4.69, 9.17) is 5.73 Å². The van der Waals surface area contributed by atoms with Gasteiger partial charge in [-0.1, -0.05) is 0 Å². The van der Waals surface area contributed by atoms with Crippen LogP contribution in [0.5, 0.6) is 0 Å². The summed E-state index contributed by atoms with van der Waals surface area (Å²) in [6.07, 6.45) is -2.13. The van der Waals surface area contributed by atoms with Crippen molar-refractivity contribution < 1.29 is 13.6 Å². The van der Waals surface area contributed by atoms with E-state index in [-0.39, 0.29) is 23.4 Å². The van der Waals surface area contributed by atoms with E-state index >= 15 is 0 Å². The Hall–Kier alpha value is -1.36. The zero-order valence-electron chi connectivity index (χ0n) is 7.63. The maximum Gasteiger partial charge on any atom is 0.265 e. The largest absolute Gasteiger partial charge is 0.325 e. The van der Waals surface area contributed by atoms with Gasteiger partial charge in [-0.15, -0.1) is 0 Å². The van der Waals surface area contributed by atoms with Crippen molar-refractivity contribution in [3.05, 3.63) is 28.6 Å². The number of carbonyl (C=O) groups is 1. The van der Waals surface area contributed by atoms with Crippen LogP contribution in [0.3, 0.4) is 0 Å². The van der Waals surface area contributed by atoms with E-state index in [1.807, 2.05) is 0 Å². The van der Waals surface area contributed by atoms with E-state index in [0.717, 1.165) is 6.07 Å². The molecule has 0 saturated heterocycles. The average Bonchev–Trinajstić information content (AvgIpc) is 2.16. The highest BCUT2D eigenvalue weighted by atomic mass is 19.3. The molecular formula is C9H10F2N2O. The third-order valence-corrected chi connectivity index (χ3v) is 1.92. The molecule has 0 aliphatic carbocycles. The number of nitrogens with two attached hydrogens (primary N) is 1. The number of nitrogens with zero attached hydrogens (tertiary/aromatic N) is 1. The van der Waals surface area contributed by atoms with Gasteiger partial charge >= 0.3 is 0 Å². The Bertz CT molecular complexity index is 353. The molecule has 1 aromatic heterocycles. The van der Waals surface area contributed by atoms with Crippen LogP contribution < -0.4 is 5.73 Å². The highest BCUT2D eigenvalue weighted by molar-refractivity contribution is 5.76. The van der Waals surface area contributed by atoms with Crippen LogP contribution in [0.2, 0.25) is 0 Å². The van der Waals surface area contributed by atoms with Gasteiger partial charge in [-0.25, -0.2) is 8.78 Å². The van der Waals surface area contributed by atoms with Gasteiger partial charge in [0.05, 0.1) is 5.69 Å². The molecule has 14 heavy (non-hydrogen) atoms. The third kappa shape index (κ3) is 1.93. The summed E-state index contributed by atoms with van der Waals surface area (Å²) in [5.41, 5.74) is 5.79. The van der Waals surface area contributed by atoms with Gasteiger partial charge in [0.2, 0.25) is 0 Å². The van der Waals surface area contributed by atoms with Crippen molar-refractivity contribution in [3.63, 3.8) is 0 Å². The van der Waals surface area contributed by atoms with Gasteiger partial charge in [0, 0.05) is 23.4 Å². The van der Waals surface area contributed by atoms with E-state index in [9.17, 15) is 13.6 Å². The minimum atomic E-state index is -2.62. The molecule has 5 heteroatoms. The number of alkyl halides is 2. The number of aryl methyl sites for hydroxylation is 1. The molecule has 0 bridgehead atoms. The summed E-state index contributed by atoms with van der Waals surface area (Å²) in [5, 5.41) is 0. The first-order chi connectivity index (χ1) is 6.60. The van der Waals surface area contributed by atoms with Crippen LogP contribution >= 0.6 is 0 Å². The molecule has 0 amide bonds. The van der Waals surface area contributed by atoms with Crippen molar-refractivity contribution in [2.45, 2.75) is 19.9 Å². The molecule has 3 nitrogen and oxygen atoms in total. The highest BCUT2D eigenvalue weighted by Crippen LogP contribution is 2.23. The monoisotopic (exact) mass is 200 g/mol. The van der Waals surface area contributed by atoms with E-state index < -0.39 is 6.43 Å². The Morgan fingerprint density at radius 3 is 2.71 bits per heavy atom. The number of aromatic nitrogens is 1. The van der Waals surface area contributed by atoms with Gasteiger partial charge < -0.3 is 5.73 Å². The van der Waals surface area contributed by atoms with E-state index in [0.29, 0.717) is 12.0 Å². The second-order valence-corrected chi connectivity index (χ2v) is 2.82. The van der Waals surface area contributed by atoms with Crippen molar-refractivity contribution in [1.29, 1.82) is 0 Å². The fourth-order valence-electron chi connectivity index (χ4n) is 1.17. The van der Waals surface area contributed by atoms with Crippen LogP contribution in [0.4, 0.5) is 8.78 Å². The first kappa shape index (κ1) is 10.7. The maximum absolute atomic E-state index is 12.4. The molecule has 76 valence electrons. The molecule has 0 spiro atoms. The molecule has 0 radical (unpaired) electrons. The number of halogens is 2. The Balaban J connectivity index is 3.30. The lowest BCUT2D eigenvalue weighted by atomic mass is 10.1. The first-order valence-corrected chi connectivity index (χ1v) is 4.04. The standard InChI is InChI=1S/C9H10F2N2O/c1-5-7(9(10)11)2-6(4-14)8(3-12)13-5/h2,4,9H,3,12H2,1H3. The molecular weight excluding hydrogens is 190 g/mol. The quantitative estimate of drug-likeness (QED) is 0.754. The van der Waals surface area contributed by atoms with Gasteiger partial charge in [-0.3, -0.25) is 9.78 Å². The van der Waals surface area contributed by atoms with Gasteiger partial charge in [-0.05, 0) is 13.0 Å². The first-order valence-electron chi connectivity index (χ1n) is 4.04. The molecule has 0 unspecified atom stereocenters. The van der Waals surface area contributed by atoms with Crippen molar-refractivity contribution in [2.24, 2.45) is 5.73 Å². The normalized spacial score (nSPS) is 10.6. The van der Waals surface area contributed by atoms with Crippen molar-refractivity contribution >= 4 is 6.29 Å². The summed E-state index contributed by atoms with van der Waals surface area (Å²) in [5.74, 6) is 0. The zero-order valence-corrected chi connectivity index (χ0v) is 7.63. The van der Waals surface area contributed by atoms with Gasteiger partial charge in [0.25, 0.3) is 6.43 Å². The van der Waals surface area contributed by atoms with Crippen molar-refractivity contribution in [2.75, 3.05) is 0 Å². The topological polar surface area (TPSA) is 56.0 Å². The van der Waals surface area contributed by atoms with Crippen LogP contribution in [0, 0.1) is 6.92 Å². The molecule has 0 atom stereocenters. The predicted molar refractivity (Wildman–Crippen MR) is 47.2 cm³/mol. The van der Waals surface area contributed by atoms with Crippen LogP contribution in [-0.4, -0.2) is 11.3 Å². The molecule has 2 N–H and O–H groups in total. The summed E-state index contributed by atoms with van der Waals surface area (Å²) in [7, 11) is 0. The molecule has 0 fully saturated rings. The van der Waals surface area contributed by atoms with Crippen molar-refractivity contribution in [1.82, 2.24) is 4.98 Å². The molecule has 1 rings (SSSR count). The third-order valence-electron chi connectivity index (χ3n) is 1.92. The molecule has 0 aliphatic rings. The summed E-state index contributed by atoms with van der Waals surface area (Å²) in [6.45, 7) is 1.54. The molecule has 0 aromatic carbocycles. The summed E-state index contributed by atoms with van der Waals surface area (Å²) >= 11 is 0. The lowest BCUT2D eigenvalue weighted by Gasteiger charge is -2.08. The number of rotatable bonds is 3. The fraction of sp³-hybridized carbons (Fsp3) is 0.333. The number of pyridine rings is 1. The zero-order chi connectivity index (χ0) is 10.7. The molecule has 1 heterocycles. The summed E-state index contributed by atoms with van der Waals surface area (Å²) in [4.78, 5) is 14.4. The molecule has 0 saturated carbocycles. The lowest BCUT2D eigenvalue weighted by Crippen LogP contribution is -2.07.